The van der Waals surface area contributed by atoms with Gasteiger partial charge in [-0.15, -0.1) is 22.0 Å². The summed E-state index contributed by atoms with van der Waals surface area (Å²) in [5.74, 6) is -1.06. The molecule has 0 unspecified atom stereocenters. The molecular formula is C17H14FN3O2S. The van der Waals surface area contributed by atoms with Gasteiger partial charge in [0.05, 0.1) is 11.3 Å². The van der Waals surface area contributed by atoms with E-state index in [0.717, 1.165) is 22.8 Å². The Bertz CT molecular complexity index is 937. The Morgan fingerprint density at radius 3 is 2.83 bits per heavy atom. The quantitative estimate of drug-likeness (QED) is 0.531. The minimum absolute atomic E-state index is 0.0351. The molecule has 0 aliphatic heterocycles. The number of benzene rings is 2. The number of aromatic nitrogens is 1. The van der Waals surface area contributed by atoms with Crippen molar-refractivity contribution in [1.82, 2.24) is 4.98 Å². The fourth-order valence-corrected chi connectivity index (χ4v) is 2.99. The number of thioether (sulfide) groups is 1. The number of aromatic amines is 1. The van der Waals surface area contributed by atoms with E-state index in [9.17, 15) is 14.3 Å². The van der Waals surface area contributed by atoms with E-state index in [1.54, 1.807) is 24.3 Å². The van der Waals surface area contributed by atoms with Crippen LogP contribution in [0.3, 0.4) is 0 Å². The van der Waals surface area contributed by atoms with Gasteiger partial charge in [-0.05, 0) is 24.6 Å². The van der Waals surface area contributed by atoms with Crippen molar-refractivity contribution in [2.24, 2.45) is 10.2 Å². The van der Waals surface area contributed by atoms with Gasteiger partial charge in [0, 0.05) is 10.3 Å². The van der Waals surface area contributed by atoms with Crippen molar-refractivity contribution >= 4 is 34.3 Å². The number of para-hydroxylation sites is 1. The van der Waals surface area contributed by atoms with Crippen molar-refractivity contribution in [3.05, 3.63) is 53.8 Å². The zero-order valence-corrected chi connectivity index (χ0v) is 13.6. The number of rotatable bonds is 4. The minimum Gasteiger partial charge on any atom is -0.493 e. The third kappa shape index (κ3) is 3.30. The number of azo groups is 1. The van der Waals surface area contributed by atoms with Crippen LogP contribution in [-0.2, 0) is 4.79 Å². The maximum atomic E-state index is 13.5. The maximum absolute atomic E-state index is 13.5. The SMILES string of the molecule is Cc1cccc2c(N=NC(=O)CSc3ccccc3F)c(O)[nH]c12. The number of halogens is 1. The largest absolute Gasteiger partial charge is 0.493 e. The van der Waals surface area contributed by atoms with Crippen LogP contribution < -0.4 is 0 Å². The van der Waals surface area contributed by atoms with Crippen molar-refractivity contribution in [1.29, 1.82) is 0 Å². The average Bonchev–Trinajstić information content (AvgIpc) is 2.89. The maximum Gasteiger partial charge on any atom is 0.274 e. The van der Waals surface area contributed by atoms with E-state index in [1.165, 1.54) is 6.07 Å². The molecule has 2 N–H and O–H groups in total. The molecule has 0 aliphatic rings. The second-order valence-electron chi connectivity index (χ2n) is 5.13. The molecule has 0 atom stereocenters. The molecule has 0 saturated heterocycles. The Morgan fingerprint density at radius 1 is 1.25 bits per heavy atom. The third-order valence-corrected chi connectivity index (χ3v) is 4.48. The molecule has 0 spiro atoms. The molecule has 3 aromatic rings. The topological polar surface area (TPSA) is 77.8 Å². The Labute approximate surface area is 141 Å². The van der Waals surface area contributed by atoms with Crippen LogP contribution in [0, 0.1) is 12.7 Å². The Balaban J connectivity index is 1.74. The number of H-pyrrole nitrogens is 1. The van der Waals surface area contributed by atoms with Gasteiger partial charge >= 0.3 is 0 Å². The highest BCUT2D eigenvalue weighted by Crippen LogP contribution is 2.36. The average molecular weight is 343 g/mol. The van der Waals surface area contributed by atoms with Crippen LogP contribution in [0.4, 0.5) is 10.1 Å². The highest BCUT2D eigenvalue weighted by Gasteiger charge is 2.12. The number of amides is 1. The van der Waals surface area contributed by atoms with E-state index in [0.29, 0.717) is 10.3 Å². The second-order valence-corrected chi connectivity index (χ2v) is 6.15. The van der Waals surface area contributed by atoms with E-state index < -0.39 is 5.91 Å². The minimum atomic E-state index is -0.510. The summed E-state index contributed by atoms with van der Waals surface area (Å²) in [7, 11) is 0. The molecule has 0 saturated carbocycles. The van der Waals surface area contributed by atoms with E-state index in [4.69, 9.17) is 0 Å². The van der Waals surface area contributed by atoms with Gasteiger partial charge in [-0.25, -0.2) is 4.39 Å². The first-order valence-corrected chi connectivity index (χ1v) is 8.17. The predicted molar refractivity (Wildman–Crippen MR) is 91.3 cm³/mol. The highest BCUT2D eigenvalue weighted by molar-refractivity contribution is 8.00. The molecule has 5 nitrogen and oxygen atoms in total. The zero-order valence-electron chi connectivity index (χ0n) is 12.8. The summed E-state index contributed by atoms with van der Waals surface area (Å²) in [5, 5.41) is 18.1. The van der Waals surface area contributed by atoms with Crippen LogP contribution in [0.5, 0.6) is 5.88 Å². The fraction of sp³-hybridized carbons (Fsp3) is 0.118. The lowest BCUT2D eigenvalue weighted by Gasteiger charge is -1.99. The van der Waals surface area contributed by atoms with Crippen molar-refractivity contribution in [2.45, 2.75) is 11.8 Å². The van der Waals surface area contributed by atoms with E-state index in [2.05, 4.69) is 15.2 Å². The summed E-state index contributed by atoms with van der Waals surface area (Å²) in [4.78, 5) is 15.0. The lowest BCUT2D eigenvalue weighted by molar-refractivity contribution is -0.115. The summed E-state index contributed by atoms with van der Waals surface area (Å²) in [6.07, 6.45) is 0. The number of nitrogens with one attached hydrogen (secondary N) is 1. The number of carbonyl (C=O) groups is 1. The highest BCUT2D eigenvalue weighted by atomic mass is 32.2. The molecule has 0 fully saturated rings. The van der Waals surface area contributed by atoms with Gasteiger partial charge in [0.15, 0.2) is 5.69 Å². The molecule has 24 heavy (non-hydrogen) atoms. The number of nitrogens with zero attached hydrogens (tertiary/aromatic N) is 2. The Hall–Kier alpha value is -2.67. The van der Waals surface area contributed by atoms with Crippen LogP contribution >= 0.6 is 11.8 Å². The molecule has 122 valence electrons. The molecule has 0 radical (unpaired) electrons. The van der Waals surface area contributed by atoms with Gasteiger partial charge in [-0.3, -0.25) is 4.79 Å². The number of fused-ring (bicyclic) bond motifs is 1. The number of hydrogen-bond donors (Lipinski definition) is 2. The zero-order chi connectivity index (χ0) is 17.1. The molecule has 7 heteroatoms. The smallest absolute Gasteiger partial charge is 0.274 e. The molecular weight excluding hydrogens is 329 g/mol. The fourth-order valence-electron chi connectivity index (χ4n) is 2.27. The number of hydrogen-bond acceptors (Lipinski definition) is 4. The first-order chi connectivity index (χ1) is 11.6. The van der Waals surface area contributed by atoms with Crippen LogP contribution in [0.1, 0.15) is 5.56 Å². The van der Waals surface area contributed by atoms with Crippen molar-refractivity contribution < 1.29 is 14.3 Å². The molecule has 3 rings (SSSR count). The Morgan fingerprint density at radius 2 is 2.04 bits per heavy atom. The standard InChI is InChI=1S/C17H14FN3O2S/c1-10-5-4-6-11-15(10)19-17(23)16(11)21-20-14(22)9-24-13-8-3-2-7-12(13)18/h2-8,19,23H,9H2,1H3. The summed E-state index contributed by atoms with van der Waals surface area (Å²) < 4.78 is 13.5. The van der Waals surface area contributed by atoms with Gasteiger partial charge in [0.25, 0.3) is 5.91 Å². The van der Waals surface area contributed by atoms with E-state index in [-0.39, 0.29) is 23.1 Å². The first-order valence-electron chi connectivity index (χ1n) is 7.18. The van der Waals surface area contributed by atoms with Gasteiger partial charge in [-0.2, -0.15) is 0 Å². The van der Waals surface area contributed by atoms with Crippen LogP contribution in [0.2, 0.25) is 0 Å². The lowest BCUT2D eigenvalue weighted by atomic mass is 10.1. The second kappa shape index (κ2) is 6.84. The lowest BCUT2D eigenvalue weighted by Crippen LogP contribution is -1.96. The summed E-state index contributed by atoms with van der Waals surface area (Å²) in [5.41, 5.74) is 1.92. The number of carbonyl (C=O) groups excluding carboxylic acids is 1. The van der Waals surface area contributed by atoms with Gasteiger partial charge in [-0.1, -0.05) is 30.3 Å². The summed E-state index contributed by atoms with van der Waals surface area (Å²) >= 11 is 1.05. The molecule has 2 aromatic carbocycles. The van der Waals surface area contributed by atoms with Crippen molar-refractivity contribution in [3.8, 4) is 5.88 Å². The number of aromatic hydroxyl groups is 1. The van der Waals surface area contributed by atoms with Crippen molar-refractivity contribution in [2.75, 3.05) is 5.75 Å². The third-order valence-electron chi connectivity index (χ3n) is 3.44. The molecule has 1 aromatic heterocycles. The monoisotopic (exact) mass is 343 g/mol. The molecule has 0 aliphatic carbocycles. The van der Waals surface area contributed by atoms with Crippen molar-refractivity contribution in [3.63, 3.8) is 0 Å². The van der Waals surface area contributed by atoms with Crippen LogP contribution in [-0.4, -0.2) is 21.8 Å². The van der Waals surface area contributed by atoms with Gasteiger partial charge in [0.1, 0.15) is 5.82 Å². The molecule has 0 bridgehead atoms. The van der Waals surface area contributed by atoms with Crippen LogP contribution in [0.25, 0.3) is 10.9 Å². The van der Waals surface area contributed by atoms with E-state index in [1.807, 2.05) is 19.1 Å². The van der Waals surface area contributed by atoms with Crippen LogP contribution in [0.15, 0.2) is 57.6 Å². The Kier molecular flexibility index (Phi) is 4.61. The summed E-state index contributed by atoms with van der Waals surface area (Å²) in [6.45, 7) is 1.90. The van der Waals surface area contributed by atoms with Gasteiger partial charge < -0.3 is 10.1 Å². The normalized spacial score (nSPS) is 11.4. The number of aryl methyl sites for hydroxylation is 1. The van der Waals surface area contributed by atoms with Gasteiger partial charge in [0.2, 0.25) is 5.88 Å². The summed E-state index contributed by atoms with van der Waals surface area (Å²) in [6, 6.07) is 11.7. The molecule has 1 heterocycles. The van der Waals surface area contributed by atoms with E-state index >= 15 is 0 Å². The molecule has 1 amide bonds. The predicted octanol–water partition coefficient (Wildman–Crippen LogP) is 4.72. The first kappa shape index (κ1) is 16.2.